The molecule has 1 aliphatic rings. The first-order valence-electron chi connectivity index (χ1n) is 9.38. The van der Waals surface area contributed by atoms with Crippen molar-refractivity contribution in [3.8, 4) is 0 Å². The first-order chi connectivity index (χ1) is 13.8. The fraction of sp³-hybridized carbons (Fsp3) is 0.286. The molecular formula is C21H22N4O2S. The molecular weight excluding hydrogens is 372 g/mol. The van der Waals surface area contributed by atoms with Crippen LogP contribution in [-0.2, 0) is 9.53 Å². The Hall–Kier alpha value is -2.64. The molecule has 0 bridgehead atoms. The molecule has 144 valence electrons. The minimum atomic E-state index is -0.0326. The Bertz CT molecular complexity index is 946. The van der Waals surface area contributed by atoms with Crippen molar-refractivity contribution in [1.29, 1.82) is 0 Å². The monoisotopic (exact) mass is 394 g/mol. The van der Waals surface area contributed by atoms with Crippen molar-refractivity contribution in [3.63, 3.8) is 0 Å². The highest BCUT2D eigenvalue weighted by Crippen LogP contribution is 2.26. The smallest absolute Gasteiger partial charge is 0.230 e. The lowest BCUT2D eigenvalue weighted by molar-refractivity contribution is -0.119. The highest BCUT2D eigenvalue weighted by atomic mass is 32.2. The number of carbonyl (C=O) groups excluding carboxylic acids is 1. The molecule has 4 rings (SSSR count). The highest BCUT2D eigenvalue weighted by molar-refractivity contribution is 7.99. The molecule has 1 saturated heterocycles. The first-order valence-corrected chi connectivity index (χ1v) is 10.4. The molecule has 0 aliphatic carbocycles. The maximum atomic E-state index is 12.2. The van der Waals surface area contributed by atoms with Gasteiger partial charge in [0.15, 0.2) is 5.16 Å². The van der Waals surface area contributed by atoms with E-state index in [0.717, 1.165) is 41.9 Å². The van der Waals surface area contributed by atoms with Crippen LogP contribution in [0.25, 0.3) is 10.9 Å². The number of hydrogen-bond donors (Lipinski definition) is 2. The number of amides is 1. The SMILES string of the molecule is O=C(CSc1nc(Nc2ccccc2)c2ccccc2n1)NC[C@@H]1CCCO1. The molecule has 6 nitrogen and oxygen atoms in total. The van der Waals surface area contributed by atoms with Gasteiger partial charge in [0, 0.05) is 24.2 Å². The van der Waals surface area contributed by atoms with Gasteiger partial charge in [0.2, 0.25) is 5.91 Å². The Balaban J connectivity index is 1.45. The van der Waals surface area contributed by atoms with Crippen molar-refractivity contribution in [2.75, 3.05) is 24.2 Å². The number of aromatic nitrogens is 2. The Morgan fingerprint density at radius 2 is 1.93 bits per heavy atom. The lowest BCUT2D eigenvalue weighted by Gasteiger charge is -2.12. The van der Waals surface area contributed by atoms with E-state index in [2.05, 4.69) is 20.6 Å². The van der Waals surface area contributed by atoms with E-state index in [1.54, 1.807) is 0 Å². The molecule has 1 atom stereocenters. The van der Waals surface area contributed by atoms with E-state index < -0.39 is 0 Å². The molecule has 2 heterocycles. The van der Waals surface area contributed by atoms with Crippen LogP contribution >= 0.6 is 11.8 Å². The Morgan fingerprint density at radius 3 is 2.75 bits per heavy atom. The van der Waals surface area contributed by atoms with Crippen molar-refractivity contribution in [2.24, 2.45) is 0 Å². The molecule has 0 saturated carbocycles. The molecule has 0 radical (unpaired) electrons. The maximum absolute atomic E-state index is 12.2. The molecule has 0 spiro atoms. The molecule has 1 fully saturated rings. The van der Waals surface area contributed by atoms with Crippen LogP contribution in [0.2, 0.25) is 0 Å². The normalized spacial score (nSPS) is 16.2. The van der Waals surface area contributed by atoms with Crippen LogP contribution in [-0.4, -0.2) is 40.9 Å². The van der Waals surface area contributed by atoms with Crippen molar-refractivity contribution in [1.82, 2.24) is 15.3 Å². The van der Waals surface area contributed by atoms with Crippen molar-refractivity contribution >= 4 is 40.1 Å². The van der Waals surface area contributed by atoms with E-state index in [1.165, 1.54) is 11.8 Å². The zero-order valence-corrected chi connectivity index (χ0v) is 16.2. The number of carbonyl (C=O) groups is 1. The molecule has 7 heteroatoms. The van der Waals surface area contributed by atoms with Crippen LogP contribution in [0.1, 0.15) is 12.8 Å². The summed E-state index contributed by atoms with van der Waals surface area (Å²) < 4.78 is 5.53. The number of anilines is 2. The maximum Gasteiger partial charge on any atom is 0.230 e. The summed E-state index contributed by atoms with van der Waals surface area (Å²) in [5, 5.41) is 7.80. The van der Waals surface area contributed by atoms with E-state index in [4.69, 9.17) is 4.74 Å². The molecule has 3 aromatic rings. The molecule has 1 aromatic heterocycles. The van der Waals surface area contributed by atoms with Crippen molar-refractivity contribution in [2.45, 2.75) is 24.1 Å². The Morgan fingerprint density at radius 1 is 1.11 bits per heavy atom. The van der Waals surface area contributed by atoms with Gasteiger partial charge in [-0.1, -0.05) is 42.1 Å². The molecule has 1 amide bonds. The minimum absolute atomic E-state index is 0.0326. The van der Waals surface area contributed by atoms with Crippen LogP contribution in [0.15, 0.2) is 59.8 Å². The van der Waals surface area contributed by atoms with Crippen LogP contribution < -0.4 is 10.6 Å². The minimum Gasteiger partial charge on any atom is -0.376 e. The molecule has 2 aromatic carbocycles. The summed E-state index contributed by atoms with van der Waals surface area (Å²) in [5.41, 5.74) is 1.80. The van der Waals surface area contributed by atoms with E-state index in [0.29, 0.717) is 11.7 Å². The fourth-order valence-electron chi connectivity index (χ4n) is 3.09. The van der Waals surface area contributed by atoms with E-state index >= 15 is 0 Å². The van der Waals surface area contributed by atoms with Crippen LogP contribution in [0.4, 0.5) is 11.5 Å². The standard InChI is InChI=1S/C21H22N4O2S/c26-19(22-13-16-9-6-12-27-16)14-28-21-24-18-11-5-4-10-17(18)20(25-21)23-15-7-2-1-3-8-15/h1-5,7-8,10-11,16H,6,9,12-14H2,(H,22,26)(H,23,24,25)/t16-/m0/s1. The molecule has 0 unspecified atom stereocenters. The predicted octanol–water partition coefficient (Wildman–Crippen LogP) is 3.76. The zero-order valence-electron chi connectivity index (χ0n) is 15.4. The van der Waals surface area contributed by atoms with Gasteiger partial charge < -0.3 is 15.4 Å². The number of benzene rings is 2. The summed E-state index contributed by atoms with van der Waals surface area (Å²) in [6, 6.07) is 17.7. The summed E-state index contributed by atoms with van der Waals surface area (Å²) >= 11 is 1.34. The number of nitrogens with zero attached hydrogens (tertiary/aromatic N) is 2. The summed E-state index contributed by atoms with van der Waals surface area (Å²) in [6.07, 6.45) is 2.22. The van der Waals surface area contributed by atoms with Gasteiger partial charge >= 0.3 is 0 Å². The zero-order chi connectivity index (χ0) is 19.2. The molecule has 2 N–H and O–H groups in total. The van der Waals surface area contributed by atoms with Gasteiger partial charge in [-0.25, -0.2) is 9.97 Å². The number of ether oxygens (including phenoxy) is 1. The number of nitrogens with one attached hydrogen (secondary N) is 2. The van der Waals surface area contributed by atoms with Gasteiger partial charge in [-0.05, 0) is 37.1 Å². The quantitative estimate of drug-likeness (QED) is 0.469. The average molecular weight is 395 g/mol. The van der Waals surface area contributed by atoms with Crippen molar-refractivity contribution in [3.05, 3.63) is 54.6 Å². The van der Waals surface area contributed by atoms with Gasteiger partial charge in [-0.15, -0.1) is 0 Å². The number of thioether (sulfide) groups is 1. The fourth-order valence-corrected chi connectivity index (χ4v) is 3.77. The lowest BCUT2D eigenvalue weighted by Crippen LogP contribution is -2.32. The van der Waals surface area contributed by atoms with E-state index in [-0.39, 0.29) is 17.8 Å². The second-order valence-corrected chi connectivity index (χ2v) is 7.53. The van der Waals surface area contributed by atoms with Crippen LogP contribution in [0.3, 0.4) is 0 Å². The third kappa shape index (κ3) is 4.79. The summed E-state index contributed by atoms with van der Waals surface area (Å²) in [6.45, 7) is 1.36. The van der Waals surface area contributed by atoms with Crippen LogP contribution in [0.5, 0.6) is 0 Å². The third-order valence-corrected chi connectivity index (χ3v) is 5.35. The van der Waals surface area contributed by atoms with E-state index in [1.807, 2.05) is 54.6 Å². The molecule has 28 heavy (non-hydrogen) atoms. The van der Waals surface area contributed by atoms with Crippen molar-refractivity contribution < 1.29 is 9.53 Å². The largest absolute Gasteiger partial charge is 0.376 e. The number of hydrogen-bond acceptors (Lipinski definition) is 6. The summed E-state index contributed by atoms with van der Waals surface area (Å²) in [5.74, 6) is 0.976. The first kappa shape index (κ1) is 18.7. The Kier molecular flexibility index (Phi) is 6.04. The molecule has 1 aliphatic heterocycles. The van der Waals surface area contributed by atoms with Gasteiger partial charge in [-0.2, -0.15) is 0 Å². The lowest BCUT2D eigenvalue weighted by atomic mass is 10.2. The summed E-state index contributed by atoms with van der Waals surface area (Å²) in [4.78, 5) is 21.4. The third-order valence-electron chi connectivity index (χ3n) is 4.50. The van der Waals surface area contributed by atoms with E-state index in [9.17, 15) is 4.79 Å². The second-order valence-electron chi connectivity index (χ2n) is 6.59. The highest BCUT2D eigenvalue weighted by Gasteiger charge is 2.16. The average Bonchev–Trinajstić information content (AvgIpc) is 3.25. The summed E-state index contributed by atoms with van der Waals surface area (Å²) in [7, 11) is 0. The second kappa shape index (κ2) is 9.03. The van der Waals surface area contributed by atoms with Gasteiger partial charge in [0.05, 0.1) is 17.4 Å². The predicted molar refractivity (Wildman–Crippen MR) is 112 cm³/mol. The number of rotatable bonds is 7. The van der Waals surface area contributed by atoms with Crippen LogP contribution in [0, 0.1) is 0 Å². The van der Waals surface area contributed by atoms with Gasteiger partial charge in [-0.3, -0.25) is 4.79 Å². The Labute approximate surface area is 168 Å². The van der Waals surface area contributed by atoms with Gasteiger partial charge in [0.25, 0.3) is 0 Å². The number of fused-ring (bicyclic) bond motifs is 1. The number of para-hydroxylation sites is 2. The topological polar surface area (TPSA) is 76.1 Å². The van der Waals surface area contributed by atoms with Gasteiger partial charge in [0.1, 0.15) is 5.82 Å².